The number of benzene rings is 2. The predicted octanol–water partition coefficient (Wildman–Crippen LogP) is 3.67. The Hall–Kier alpha value is -2.92. The zero-order valence-electron chi connectivity index (χ0n) is 16.4. The lowest BCUT2D eigenvalue weighted by Crippen LogP contribution is -2.40. The largest absolute Gasteiger partial charge is 0.395 e. The van der Waals surface area contributed by atoms with Crippen molar-refractivity contribution in [3.05, 3.63) is 76.1 Å². The molecule has 148 valence electrons. The Morgan fingerprint density at radius 2 is 1.76 bits per heavy atom. The van der Waals surface area contributed by atoms with Crippen LogP contribution in [-0.2, 0) is 11.8 Å². The van der Waals surface area contributed by atoms with Crippen LogP contribution in [0.3, 0.4) is 0 Å². The van der Waals surface area contributed by atoms with Crippen LogP contribution in [0.15, 0.2) is 59.4 Å². The third kappa shape index (κ3) is 2.88. The second kappa shape index (κ2) is 7.16. The van der Waals surface area contributed by atoms with Crippen LogP contribution in [-0.4, -0.2) is 27.8 Å². The van der Waals surface area contributed by atoms with Crippen LogP contribution in [0.4, 0.5) is 5.95 Å². The van der Waals surface area contributed by atoms with E-state index >= 15 is 0 Å². The molecular weight excluding hydrogens is 362 g/mol. The quantitative estimate of drug-likeness (QED) is 0.717. The highest BCUT2D eigenvalue weighted by Crippen LogP contribution is 2.49. The van der Waals surface area contributed by atoms with Crippen LogP contribution < -0.4 is 10.9 Å². The molecule has 0 saturated heterocycles. The molecule has 1 aromatic heterocycles. The lowest BCUT2D eigenvalue weighted by molar-refractivity contribution is 0.310. The normalized spacial score (nSPS) is 16.4. The number of aliphatic hydroxyl groups is 1. The molecule has 0 bridgehead atoms. The molecule has 0 atom stereocenters. The number of nitrogens with zero attached hydrogens (tertiary/aromatic N) is 2. The molecule has 2 N–H and O–H groups in total. The van der Waals surface area contributed by atoms with Crippen LogP contribution >= 0.6 is 0 Å². The number of hydrogen-bond donors (Lipinski definition) is 2. The SMILES string of the molecule is O=c1c2c(nc(NCCO)n1-c1ccccc1)-c1ccccc1CC21CCCC1. The van der Waals surface area contributed by atoms with Gasteiger partial charge in [-0.05, 0) is 37.0 Å². The Morgan fingerprint density at radius 1 is 1.03 bits per heavy atom. The minimum atomic E-state index is -0.125. The smallest absolute Gasteiger partial charge is 0.263 e. The summed E-state index contributed by atoms with van der Waals surface area (Å²) in [6, 6.07) is 18.0. The summed E-state index contributed by atoms with van der Waals surface area (Å²) in [6.45, 7) is 0.313. The van der Waals surface area contributed by atoms with Crippen molar-refractivity contribution < 1.29 is 5.11 Å². The van der Waals surface area contributed by atoms with Crippen molar-refractivity contribution in [2.24, 2.45) is 0 Å². The Balaban J connectivity index is 1.83. The van der Waals surface area contributed by atoms with Crippen LogP contribution in [0.25, 0.3) is 16.9 Å². The first-order chi connectivity index (χ1) is 14.2. The summed E-state index contributed by atoms with van der Waals surface area (Å²) in [5.41, 5.74) is 4.69. The fourth-order valence-corrected chi connectivity index (χ4v) is 5.13. The molecule has 2 aliphatic carbocycles. The average molecular weight is 387 g/mol. The van der Waals surface area contributed by atoms with Gasteiger partial charge in [0.2, 0.25) is 5.95 Å². The highest BCUT2D eigenvalue weighted by Gasteiger charge is 2.44. The molecule has 3 aromatic rings. The van der Waals surface area contributed by atoms with E-state index in [4.69, 9.17) is 4.98 Å². The summed E-state index contributed by atoms with van der Waals surface area (Å²) < 4.78 is 1.68. The van der Waals surface area contributed by atoms with Crippen LogP contribution in [0.1, 0.15) is 36.8 Å². The average Bonchev–Trinajstić information content (AvgIpc) is 3.21. The van der Waals surface area contributed by atoms with Gasteiger partial charge < -0.3 is 10.4 Å². The molecule has 1 fully saturated rings. The summed E-state index contributed by atoms with van der Waals surface area (Å²) in [4.78, 5) is 19.0. The van der Waals surface area contributed by atoms with Gasteiger partial charge in [-0.15, -0.1) is 0 Å². The molecule has 2 aliphatic rings. The van der Waals surface area contributed by atoms with Crippen molar-refractivity contribution in [1.29, 1.82) is 0 Å². The van der Waals surface area contributed by atoms with Crippen molar-refractivity contribution in [1.82, 2.24) is 9.55 Å². The van der Waals surface area contributed by atoms with Gasteiger partial charge in [-0.25, -0.2) is 9.55 Å². The lowest BCUT2D eigenvalue weighted by atomic mass is 9.68. The Morgan fingerprint density at radius 3 is 2.52 bits per heavy atom. The molecule has 0 amide bonds. The summed E-state index contributed by atoms with van der Waals surface area (Å²) in [7, 11) is 0. The maximum absolute atomic E-state index is 14.0. The first-order valence-electron chi connectivity index (χ1n) is 10.4. The Labute approximate surface area is 170 Å². The molecule has 0 radical (unpaired) electrons. The molecule has 0 unspecified atom stereocenters. The maximum Gasteiger partial charge on any atom is 0.263 e. The van der Waals surface area contributed by atoms with Crippen molar-refractivity contribution in [2.75, 3.05) is 18.5 Å². The summed E-state index contributed by atoms with van der Waals surface area (Å²) >= 11 is 0. The zero-order chi connectivity index (χ0) is 19.8. The van der Waals surface area contributed by atoms with Gasteiger partial charge in [0, 0.05) is 17.5 Å². The zero-order valence-corrected chi connectivity index (χ0v) is 16.4. The van der Waals surface area contributed by atoms with Crippen molar-refractivity contribution >= 4 is 5.95 Å². The highest BCUT2D eigenvalue weighted by molar-refractivity contribution is 5.73. The minimum Gasteiger partial charge on any atom is -0.395 e. The van der Waals surface area contributed by atoms with Crippen molar-refractivity contribution in [2.45, 2.75) is 37.5 Å². The third-order valence-corrected chi connectivity index (χ3v) is 6.38. The molecule has 5 nitrogen and oxygen atoms in total. The number of nitrogens with one attached hydrogen (secondary N) is 1. The van der Waals surface area contributed by atoms with E-state index in [9.17, 15) is 9.90 Å². The van der Waals surface area contributed by atoms with Gasteiger partial charge in [0.15, 0.2) is 0 Å². The van der Waals surface area contributed by atoms with E-state index in [1.807, 2.05) is 36.4 Å². The van der Waals surface area contributed by atoms with Gasteiger partial charge in [-0.1, -0.05) is 55.3 Å². The number of para-hydroxylation sites is 1. The molecule has 5 heteroatoms. The number of fused-ring (bicyclic) bond motifs is 4. The molecule has 5 rings (SSSR count). The predicted molar refractivity (Wildman–Crippen MR) is 115 cm³/mol. The lowest BCUT2D eigenvalue weighted by Gasteiger charge is -2.36. The maximum atomic E-state index is 14.0. The number of aromatic nitrogens is 2. The van der Waals surface area contributed by atoms with Gasteiger partial charge in [0.05, 0.1) is 23.6 Å². The van der Waals surface area contributed by atoms with E-state index in [0.717, 1.165) is 54.6 Å². The van der Waals surface area contributed by atoms with Gasteiger partial charge in [-0.3, -0.25) is 4.79 Å². The van der Waals surface area contributed by atoms with E-state index in [1.54, 1.807) is 4.57 Å². The molecule has 1 spiro atoms. The van der Waals surface area contributed by atoms with E-state index in [1.165, 1.54) is 5.56 Å². The van der Waals surface area contributed by atoms with Gasteiger partial charge >= 0.3 is 0 Å². The second-order valence-corrected chi connectivity index (χ2v) is 8.11. The topological polar surface area (TPSA) is 67.2 Å². The van der Waals surface area contributed by atoms with Crippen molar-refractivity contribution in [3.8, 4) is 16.9 Å². The minimum absolute atomic E-state index is 0.0121. The second-order valence-electron chi connectivity index (χ2n) is 8.11. The highest BCUT2D eigenvalue weighted by atomic mass is 16.3. The Kier molecular flexibility index (Phi) is 4.47. The van der Waals surface area contributed by atoms with Crippen LogP contribution in [0, 0.1) is 0 Å². The standard InChI is InChI=1S/C24H25N3O2/c28-15-14-25-23-26-21-19-11-5-4-8-17(19)16-24(12-6-7-13-24)20(21)22(29)27(23)18-9-2-1-3-10-18/h1-5,8-11,28H,6-7,12-16H2,(H,25,26). The Bertz CT molecular complexity index is 1100. The number of rotatable bonds is 4. The van der Waals surface area contributed by atoms with Crippen LogP contribution in [0.2, 0.25) is 0 Å². The molecule has 29 heavy (non-hydrogen) atoms. The number of aliphatic hydroxyl groups excluding tert-OH is 1. The molecule has 2 aromatic carbocycles. The number of anilines is 1. The third-order valence-electron chi connectivity index (χ3n) is 6.38. The first kappa shape index (κ1) is 18.1. The van der Waals surface area contributed by atoms with E-state index in [0.29, 0.717) is 12.5 Å². The fraction of sp³-hybridized carbons (Fsp3) is 0.333. The summed E-state index contributed by atoms with van der Waals surface area (Å²) in [6.07, 6.45) is 5.27. The van der Waals surface area contributed by atoms with Crippen molar-refractivity contribution in [3.63, 3.8) is 0 Å². The van der Waals surface area contributed by atoms with E-state index in [-0.39, 0.29) is 17.6 Å². The van der Waals surface area contributed by atoms with Crippen LogP contribution in [0.5, 0.6) is 0 Å². The van der Waals surface area contributed by atoms with E-state index in [2.05, 4.69) is 23.5 Å². The number of hydrogen-bond acceptors (Lipinski definition) is 4. The fourth-order valence-electron chi connectivity index (χ4n) is 5.13. The van der Waals surface area contributed by atoms with Gasteiger partial charge in [-0.2, -0.15) is 0 Å². The van der Waals surface area contributed by atoms with E-state index < -0.39 is 0 Å². The summed E-state index contributed by atoms with van der Waals surface area (Å²) in [5.74, 6) is 0.485. The monoisotopic (exact) mass is 387 g/mol. The molecular formula is C24H25N3O2. The van der Waals surface area contributed by atoms with Gasteiger partial charge in [0.25, 0.3) is 5.56 Å². The first-order valence-corrected chi connectivity index (χ1v) is 10.4. The summed E-state index contributed by atoms with van der Waals surface area (Å²) in [5, 5.41) is 12.5. The molecule has 0 aliphatic heterocycles. The van der Waals surface area contributed by atoms with Gasteiger partial charge in [0.1, 0.15) is 0 Å². The molecule has 1 saturated carbocycles. The molecule has 1 heterocycles.